The van der Waals surface area contributed by atoms with Gasteiger partial charge in [0.15, 0.2) is 5.75 Å². The summed E-state index contributed by atoms with van der Waals surface area (Å²) in [5.74, 6) is -0.234. The highest BCUT2D eigenvalue weighted by molar-refractivity contribution is 6.37. The molecule has 3 nitrogen and oxygen atoms in total. The van der Waals surface area contributed by atoms with Gasteiger partial charge in [0.2, 0.25) is 0 Å². The van der Waals surface area contributed by atoms with Gasteiger partial charge in [-0.25, -0.2) is 0 Å². The van der Waals surface area contributed by atoms with Crippen molar-refractivity contribution in [2.45, 2.75) is 33.3 Å². The first-order valence-corrected chi connectivity index (χ1v) is 7.05. The molecule has 0 aliphatic rings. The number of halogens is 4. The minimum atomic E-state index is -2.98. The number of nitrogens with zero attached hydrogens (tertiary/aromatic N) is 1. The van der Waals surface area contributed by atoms with Crippen LogP contribution in [0.4, 0.5) is 14.5 Å². The quantitative estimate of drug-likeness (QED) is 0.731. The number of anilines is 1. The minimum Gasteiger partial charge on any atom is -0.432 e. The normalized spacial score (nSPS) is 11.3. The maximum Gasteiger partial charge on any atom is 0.387 e. The zero-order valence-corrected chi connectivity index (χ0v) is 13.2. The van der Waals surface area contributed by atoms with Crippen LogP contribution in [-0.2, 0) is 0 Å². The van der Waals surface area contributed by atoms with E-state index in [0.29, 0.717) is 18.7 Å². The minimum absolute atomic E-state index is 0.0140. The van der Waals surface area contributed by atoms with Gasteiger partial charge in [-0.3, -0.25) is 0 Å². The van der Waals surface area contributed by atoms with Gasteiger partial charge in [0.05, 0.1) is 16.1 Å². The molecule has 0 bridgehead atoms. The molecular weight excluding hydrogens is 321 g/mol. The summed E-state index contributed by atoms with van der Waals surface area (Å²) in [6, 6.07) is 5.06. The van der Waals surface area contributed by atoms with E-state index in [0.717, 1.165) is 6.42 Å². The molecule has 0 aromatic heterocycles. The molecule has 0 aliphatic carbocycles. The average Bonchev–Trinajstić information content (AvgIpc) is 2.38. The summed E-state index contributed by atoms with van der Waals surface area (Å²) in [7, 11) is 0. The number of ether oxygens (including phenoxy) is 1. The highest BCUT2D eigenvalue weighted by Crippen LogP contribution is 2.37. The Balaban J connectivity index is 2.76. The third-order valence-corrected chi connectivity index (χ3v) is 3.45. The van der Waals surface area contributed by atoms with Gasteiger partial charge >= 0.3 is 6.61 Å². The zero-order valence-electron chi connectivity index (χ0n) is 11.7. The predicted octanol–water partition coefficient (Wildman–Crippen LogP) is 5.34. The van der Waals surface area contributed by atoms with Gasteiger partial charge in [0.25, 0.3) is 0 Å². The lowest BCUT2D eigenvalue weighted by atomic mass is 9.88. The molecule has 0 saturated heterocycles. The second-order valence-electron chi connectivity index (χ2n) is 5.32. The van der Waals surface area contributed by atoms with Crippen molar-refractivity contribution in [3.63, 3.8) is 0 Å². The van der Waals surface area contributed by atoms with E-state index in [9.17, 15) is 8.78 Å². The molecule has 1 aromatic carbocycles. The number of hydrogen-bond donors (Lipinski definition) is 1. The maximum absolute atomic E-state index is 12.2. The van der Waals surface area contributed by atoms with E-state index in [1.807, 2.05) is 13.8 Å². The van der Waals surface area contributed by atoms with Gasteiger partial charge in [-0.15, -0.1) is 0 Å². The largest absolute Gasteiger partial charge is 0.432 e. The summed E-state index contributed by atoms with van der Waals surface area (Å²) >= 11 is 11.8. The smallest absolute Gasteiger partial charge is 0.387 e. The summed E-state index contributed by atoms with van der Waals surface area (Å²) in [6.45, 7) is 1.66. The molecule has 0 amide bonds. The maximum atomic E-state index is 12.2. The summed E-state index contributed by atoms with van der Waals surface area (Å²) in [4.78, 5) is 0. The molecule has 0 atom stereocenters. The van der Waals surface area contributed by atoms with Crippen molar-refractivity contribution >= 4 is 28.9 Å². The SMILES string of the molecule is CC(C)(CCC#N)CNc1cc(Cl)c(OC(F)F)c(Cl)c1. The molecule has 0 fully saturated rings. The Hall–Kier alpha value is -1.25. The summed E-state index contributed by atoms with van der Waals surface area (Å²) in [5.41, 5.74) is 0.518. The number of nitriles is 1. The summed E-state index contributed by atoms with van der Waals surface area (Å²) < 4.78 is 28.7. The van der Waals surface area contributed by atoms with Crippen LogP contribution in [0.3, 0.4) is 0 Å². The van der Waals surface area contributed by atoms with Crippen LogP contribution in [-0.4, -0.2) is 13.2 Å². The van der Waals surface area contributed by atoms with Crippen molar-refractivity contribution in [2.75, 3.05) is 11.9 Å². The molecule has 7 heteroatoms. The van der Waals surface area contributed by atoms with E-state index in [1.54, 1.807) is 0 Å². The first kappa shape index (κ1) is 17.8. The Bertz CT molecular complexity index is 507. The molecule has 21 heavy (non-hydrogen) atoms. The van der Waals surface area contributed by atoms with Crippen LogP contribution in [0.5, 0.6) is 5.75 Å². The summed E-state index contributed by atoms with van der Waals surface area (Å²) in [6.07, 6.45) is 1.21. The fourth-order valence-corrected chi connectivity index (χ4v) is 2.26. The highest BCUT2D eigenvalue weighted by Gasteiger charge is 2.18. The molecule has 0 unspecified atom stereocenters. The lowest BCUT2D eigenvalue weighted by molar-refractivity contribution is -0.0497. The second kappa shape index (κ2) is 7.67. The lowest BCUT2D eigenvalue weighted by Crippen LogP contribution is -2.22. The molecule has 0 saturated carbocycles. The number of nitrogens with one attached hydrogen (secondary N) is 1. The van der Waals surface area contributed by atoms with Crippen LogP contribution in [0.15, 0.2) is 12.1 Å². The van der Waals surface area contributed by atoms with Gasteiger partial charge in [0.1, 0.15) is 0 Å². The zero-order chi connectivity index (χ0) is 16.0. The van der Waals surface area contributed by atoms with Crippen LogP contribution >= 0.6 is 23.2 Å². The van der Waals surface area contributed by atoms with E-state index >= 15 is 0 Å². The van der Waals surface area contributed by atoms with E-state index < -0.39 is 6.61 Å². The van der Waals surface area contributed by atoms with E-state index in [4.69, 9.17) is 28.5 Å². The molecule has 0 spiro atoms. The topological polar surface area (TPSA) is 45.0 Å². The first-order valence-electron chi connectivity index (χ1n) is 6.30. The Morgan fingerprint density at radius 3 is 2.38 bits per heavy atom. The van der Waals surface area contributed by atoms with E-state index in [1.165, 1.54) is 12.1 Å². The predicted molar refractivity (Wildman–Crippen MR) is 80.2 cm³/mol. The standard InChI is InChI=1S/C14H16Cl2F2N2O/c1-14(2,4-3-5-19)8-20-9-6-10(15)12(11(16)7-9)21-13(17)18/h6-7,13,20H,3-4,8H2,1-2H3. The van der Waals surface area contributed by atoms with Crippen LogP contribution in [0.1, 0.15) is 26.7 Å². The Morgan fingerprint density at radius 1 is 1.33 bits per heavy atom. The monoisotopic (exact) mass is 336 g/mol. The molecule has 116 valence electrons. The van der Waals surface area contributed by atoms with Crippen molar-refractivity contribution in [1.29, 1.82) is 5.26 Å². The number of benzene rings is 1. The molecule has 0 radical (unpaired) electrons. The summed E-state index contributed by atoms with van der Waals surface area (Å²) in [5, 5.41) is 11.8. The van der Waals surface area contributed by atoms with Crippen LogP contribution < -0.4 is 10.1 Å². The average molecular weight is 337 g/mol. The third-order valence-electron chi connectivity index (χ3n) is 2.89. The van der Waals surface area contributed by atoms with Crippen molar-refractivity contribution in [3.8, 4) is 11.8 Å². The van der Waals surface area contributed by atoms with Crippen molar-refractivity contribution in [2.24, 2.45) is 5.41 Å². The Labute approximate surface area is 132 Å². The molecule has 1 aromatic rings. The first-order chi connectivity index (χ1) is 9.75. The highest BCUT2D eigenvalue weighted by atomic mass is 35.5. The van der Waals surface area contributed by atoms with Gasteiger partial charge < -0.3 is 10.1 Å². The number of hydrogen-bond acceptors (Lipinski definition) is 3. The molecule has 1 N–H and O–H groups in total. The number of rotatable bonds is 7. The fraction of sp³-hybridized carbons (Fsp3) is 0.500. The van der Waals surface area contributed by atoms with Gasteiger partial charge in [-0.05, 0) is 24.0 Å². The van der Waals surface area contributed by atoms with Crippen LogP contribution in [0.25, 0.3) is 0 Å². The molecular formula is C14H16Cl2F2N2O. The van der Waals surface area contributed by atoms with Crippen molar-refractivity contribution < 1.29 is 13.5 Å². The molecule has 1 rings (SSSR count). The lowest BCUT2D eigenvalue weighted by Gasteiger charge is -2.24. The van der Waals surface area contributed by atoms with Crippen molar-refractivity contribution in [3.05, 3.63) is 22.2 Å². The third kappa shape index (κ3) is 5.94. The van der Waals surface area contributed by atoms with E-state index in [2.05, 4.69) is 16.1 Å². The Kier molecular flexibility index (Phi) is 6.50. The van der Waals surface area contributed by atoms with Gasteiger partial charge in [-0.1, -0.05) is 37.0 Å². The van der Waals surface area contributed by atoms with Gasteiger partial charge in [0, 0.05) is 18.7 Å². The number of alkyl halides is 2. The fourth-order valence-electron chi connectivity index (χ4n) is 1.69. The van der Waals surface area contributed by atoms with Crippen molar-refractivity contribution in [1.82, 2.24) is 0 Å². The second-order valence-corrected chi connectivity index (χ2v) is 6.14. The van der Waals surface area contributed by atoms with E-state index in [-0.39, 0.29) is 21.2 Å². The van der Waals surface area contributed by atoms with Crippen LogP contribution in [0, 0.1) is 16.7 Å². The Morgan fingerprint density at radius 2 is 1.90 bits per heavy atom. The van der Waals surface area contributed by atoms with Gasteiger partial charge in [-0.2, -0.15) is 14.0 Å². The molecule has 0 aliphatic heterocycles. The molecule has 0 heterocycles. The van der Waals surface area contributed by atoms with Crippen LogP contribution in [0.2, 0.25) is 10.0 Å².